The monoisotopic (exact) mass is 256 g/mol. The van der Waals surface area contributed by atoms with Gasteiger partial charge < -0.3 is 9.73 Å². The predicted molar refractivity (Wildman–Crippen MR) is 76.0 cm³/mol. The van der Waals surface area contributed by atoms with Crippen LogP contribution in [0.1, 0.15) is 50.3 Å². The third kappa shape index (κ3) is 2.43. The van der Waals surface area contributed by atoms with Crippen molar-refractivity contribution in [1.82, 2.24) is 10.3 Å². The molecule has 2 aromatic rings. The van der Waals surface area contributed by atoms with Crippen molar-refractivity contribution in [2.45, 2.75) is 38.6 Å². The Morgan fingerprint density at radius 1 is 1.26 bits per heavy atom. The minimum Gasteiger partial charge on any atom is -0.443 e. The molecule has 1 aliphatic rings. The summed E-state index contributed by atoms with van der Waals surface area (Å²) in [4.78, 5) is 4.75. The lowest BCUT2D eigenvalue weighted by Crippen LogP contribution is -2.12. The Labute approximate surface area is 114 Å². The number of nitrogens with zero attached hydrogens (tertiary/aromatic N) is 1. The Morgan fingerprint density at radius 2 is 2.05 bits per heavy atom. The molecule has 1 aromatic carbocycles. The van der Waals surface area contributed by atoms with Crippen LogP contribution in [0.25, 0.3) is 11.3 Å². The first-order chi connectivity index (χ1) is 9.25. The van der Waals surface area contributed by atoms with Crippen molar-refractivity contribution in [1.29, 1.82) is 0 Å². The van der Waals surface area contributed by atoms with Gasteiger partial charge in [0.05, 0.1) is 6.04 Å². The molecule has 3 nitrogen and oxygen atoms in total. The minimum atomic E-state index is 0.287. The molecule has 1 atom stereocenters. The summed E-state index contributed by atoms with van der Waals surface area (Å²) >= 11 is 0. The topological polar surface area (TPSA) is 38.1 Å². The van der Waals surface area contributed by atoms with Crippen LogP contribution in [0.15, 0.2) is 34.7 Å². The summed E-state index contributed by atoms with van der Waals surface area (Å²) in [5, 5.41) is 3.45. The summed E-state index contributed by atoms with van der Waals surface area (Å²) in [5.41, 5.74) is 2.14. The summed E-state index contributed by atoms with van der Waals surface area (Å²) in [7, 11) is 0. The number of hydrogen-bond donors (Lipinski definition) is 1. The maximum Gasteiger partial charge on any atom is 0.212 e. The SMILES string of the molecule is CC(C)c1oc([C@@H]2CCCN2)nc1-c1ccccc1. The van der Waals surface area contributed by atoms with Crippen LogP contribution < -0.4 is 5.32 Å². The summed E-state index contributed by atoms with van der Waals surface area (Å²) in [6.45, 7) is 5.36. The molecule has 100 valence electrons. The number of rotatable bonds is 3. The molecule has 1 aromatic heterocycles. The van der Waals surface area contributed by atoms with Crippen molar-refractivity contribution in [3.05, 3.63) is 42.0 Å². The number of nitrogens with one attached hydrogen (secondary N) is 1. The molecule has 1 aliphatic heterocycles. The van der Waals surface area contributed by atoms with Gasteiger partial charge in [-0.15, -0.1) is 0 Å². The second-order valence-electron chi connectivity index (χ2n) is 5.43. The van der Waals surface area contributed by atoms with Crippen LogP contribution in [0.3, 0.4) is 0 Å². The van der Waals surface area contributed by atoms with E-state index in [0.29, 0.717) is 5.92 Å². The van der Waals surface area contributed by atoms with E-state index < -0.39 is 0 Å². The molecular formula is C16H20N2O. The highest BCUT2D eigenvalue weighted by molar-refractivity contribution is 5.61. The van der Waals surface area contributed by atoms with E-state index in [1.54, 1.807) is 0 Å². The van der Waals surface area contributed by atoms with E-state index >= 15 is 0 Å². The number of aromatic nitrogens is 1. The van der Waals surface area contributed by atoms with Crippen LogP contribution in [-0.2, 0) is 0 Å². The summed E-state index contributed by atoms with van der Waals surface area (Å²) in [5.74, 6) is 2.19. The highest BCUT2D eigenvalue weighted by atomic mass is 16.4. The fourth-order valence-corrected chi connectivity index (χ4v) is 2.59. The molecule has 1 fully saturated rings. The van der Waals surface area contributed by atoms with Crippen molar-refractivity contribution < 1.29 is 4.42 Å². The predicted octanol–water partition coefficient (Wildman–Crippen LogP) is 3.89. The largest absolute Gasteiger partial charge is 0.443 e. The van der Waals surface area contributed by atoms with Crippen LogP contribution >= 0.6 is 0 Å². The van der Waals surface area contributed by atoms with Gasteiger partial charge in [-0.1, -0.05) is 44.2 Å². The average molecular weight is 256 g/mol. The third-order valence-electron chi connectivity index (χ3n) is 3.60. The Hall–Kier alpha value is -1.61. The van der Waals surface area contributed by atoms with Gasteiger partial charge in [-0.2, -0.15) is 0 Å². The van der Waals surface area contributed by atoms with Crippen molar-refractivity contribution in [3.8, 4) is 11.3 Å². The van der Waals surface area contributed by atoms with Gasteiger partial charge in [0.2, 0.25) is 5.89 Å². The molecule has 3 rings (SSSR count). The third-order valence-corrected chi connectivity index (χ3v) is 3.60. The van der Waals surface area contributed by atoms with E-state index in [0.717, 1.165) is 35.9 Å². The van der Waals surface area contributed by atoms with Gasteiger partial charge in [-0.3, -0.25) is 0 Å². The molecule has 1 N–H and O–H groups in total. The van der Waals surface area contributed by atoms with Crippen molar-refractivity contribution in [2.75, 3.05) is 6.54 Å². The second kappa shape index (κ2) is 5.17. The molecule has 0 bridgehead atoms. The summed E-state index contributed by atoms with van der Waals surface area (Å²) in [6, 6.07) is 10.6. The zero-order valence-corrected chi connectivity index (χ0v) is 11.5. The first-order valence-corrected chi connectivity index (χ1v) is 7.05. The van der Waals surface area contributed by atoms with E-state index in [-0.39, 0.29) is 6.04 Å². The zero-order valence-electron chi connectivity index (χ0n) is 11.5. The molecule has 19 heavy (non-hydrogen) atoms. The minimum absolute atomic E-state index is 0.287. The Morgan fingerprint density at radius 3 is 2.68 bits per heavy atom. The van der Waals surface area contributed by atoms with Crippen LogP contribution in [0, 0.1) is 0 Å². The fraction of sp³-hybridized carbons (Fsp3) is 0.438. The smallest absolute Gasteiger partial charge is 0.212 e. The van der Waals surface area contributed by atoms with Crippen LogP contribution in [0.5, 0.6) is 0 Å². The first-order valence-electron chi connectivity index (χ1n) is 7.05. The Balaban J connectivity index is 2.02. The van der Waals surface area contributed by atoms with Gasteiger partial charge in [-0.25, -0.2) is 4.98 Å². The lowest BCUT2D eigenvalue weighted by atomic mass is 10.0. The molecule has 0 spiro atoms. The van der Waals surface area contributed by atoms with E-state index in [1.807, 2.05) is 18.2 Å². The Kier molecular flexibility index (Phi) is 3.38. The summed E-state index contributed by atoms with van der Waals surface area (Å²) < 4.78 is 6.04. The number of oxazole rings is 1. The molecule has 2 heterocycles. The molecule has 3 heteroatoms. The summed E-state index contributed by atoms with van der Waals surface area (Å²) in [6.07, 6.45) is 2.32. The van der Waals surface area contributed by atoms with Crippen molar-refractivity contribution in [2.24, 2.45) is 0 Å². The van der Waals surface area contributed by atoms with E-state index in [9.17, 15) is 0 Å². The molecule has 0 unspecified atom stereocenters. The maximum absolute atomic E-state index is 6.04. The Bertz CT molecular complexity index is 539. The molecule has 1 saturated heterocycles. The van der Waals surface area contributed by atoms with Gasteiger partial charge >= 0.3 is 0 Å². The van der Waals surface area contributed by atoms with E-state index in [1.165, 1.54) is 6.42 Å². The highest BCUT2D eigenvalue weighted by Gasteiger charge is 2.25. The van der Waals surface area contributed by atoms with E-state index in [2.05, 4.69) is 31.3 Å². The van der Waals surface area contributed by atoms with Crippen molar-refractivity contribution >= 4 is 0 Å². The first kappa shape index (κ1) is 12.4. The second-order valence-corrected chi connectivity index (χ2v) is 5.43. The lowest BCUT2D eigenvalue weighted by molar-refractivity contribution is 0.394. The van der Waals surface area contributed by atoms with Gasteiger partial charge in [0.15, 0.2) is 0 Å². The maximum atomic E-state index is 6.04. The van der Waals surface area contributed by atoms with Gasteiger partial charge in [0, 0.05) is 11.5 Å². The average Bonchev–Trinajstić information content (AvgIpc) is 3.08. The van der Waals surface area contributed by atoms with E-state index in [4.69, 9.17) is 9.40 Å². The van der Waals surface area contributed by atoms with Crippen LogP contribution in [0.2, 0.25) is 0 Å². The van der Waals surface area contributed by atoms with Gasteiger partial charge in [-0.05, 0) is 19.4 Å². The van der Waals surface area contributed by atoms with Gasteiger partial charge in [0.1, 0.15) is 11.5 Å². The number of hydrogen-bond acceptors (Lipinski definition) is 3. The number of benzene rings is 1. The standard InChI is InChI=1S/C16H20N2O/c1-11(2)15-14(12-7-4-3-5-8-12)18-16(19-15)13-9-6-10-17-13/h3-5,7-8,11,13,17H,6,9-10H2,1-2H3/t13-/m0/s1. The molecule has 0 saturated carbocycles. The zero-order chi connectivity index (χ0) is 13.2. The molecule has 0 aliphatic carbocycles. The van der Waals surface area contributed by atoms with Crippen molar-refractivity contribution in [3.63, 3.8) is 0 Å². The van der Waals surface area contributed by atoms with Gasteiger partial charge in [0.25, 0.3) is 0 Å². The molecular weight excluding hydrogens is 236 g/mol. The van der Waals surface area contributed by atoms with Crippen LogP contribution in [0.4, 0.5) is 0 Å². The highest BCUT2D eigenvalue weighted by Crippen LogP contribution is 2.33. The molecule has 0 amide bonds. The lowest BCUT2D eigenvalue weighted by Gasteiger charge is -2.04. The van der Waals surface area contributed by atoms with Crippen LogP contribution in [-0.4, -0.2) is 11.5 Å². The normalized spacial score (nSPS) is 19.2. The quantitative estimate of drug-likeness (QED) is 0.905. The molecule has 0 radical (unpaired) electrons. The fourth-order valence-electron chi connectivity index (χ4n) is 2.59.